The summed E-state index contributed by atoms with van der Waals surface area (Å²) in [7, 11) is 0. The van der Waals surface area contributed by atoms with E-state index >= 15 is 0 Å². The van der Waals surface area contributed by atoms with Crippen molar-refractivity contribution in [3.63, 3.8) is 0 Å². The largest absolute Gasteiger partial charge is 0.368 e. The number of anilines is 1. The lowest BCUT2D eigenvalue weighted by atomic mass is 9.91. The van der Waals surface area contributed by atoms with Crippen molar-refractivity contribution in [1.82, 2.24) is 10.3 Å². The Morgan fingerprint density at radius 1 is 0.900 bits per heavy atom. The molecule has 0 bridgehead atoms. The lowest BCUT2D eigenvalue weighted by Crippen LogP contribution is -2.40. The Bertz CT molecular complexity index is 1140. The van der Waals surface area contributed by atoms with Crippen molar-refractivity contribution in [2.24, 2.45) is 5.73 Å². The summed E-state index contributed by atoms with van der Waals surface area (Å²) in [6, 6.07) is 20.2. The molecular weight excluding hydrogens is 376 g/mol. The molecule has 4 rings (SSSR count). The quantitative estimate of drug-likeness (QED) is 0.532. The van der Waals surface area contributed by atoms with Crippen LogP contribution in [0.3, 0.4) is 0 Å². The molecule has 1 amide bonds. The van der Waals surface area contributed by atoms with Crippen LogP contribution in [0.15, 0.2) is 103 Å². The Hall–Kier alpha value is -4.19. The molecule has 4 N–H and O–H groups in total. The normalized spacial score (nSPS) is 14.1. The van der Waals surface area contributed by atoms with E-state index in [1.54, 1.807) is 24.5 Å². The van der Waals surface area contributed by atoms with Crippen molar-refractivity contribution in [2.75, 3.05) is 5.32 Å². The van der Waals surface area contributed by atoms with Gasteiger partial charge in [-0.25, -0.2) is 0 Å². The van der Waals surface area contributed by atoms with Gasteiger partial charge in [-0.15, -0.1) is 0 Å². The fourth-order valence-corrected chi connectivity index (χ4v) is 3.29. The average molecular weight is 396 g/mol. The standard InChI is InChI=1S/C24H20N4O2/c1-15-20(22(23(15)29)27-19-11-13-26-14-12-19)28-21(24(25)30)18-9-7-17(8-10-18)16-5-3-2-4-6-16/h2-14,21,28H,1H2,(H2,25,30)(H,26,27). The zero-order valence-corrected chi connectivity index (χ0v) is 16.1. The molecule has 0 radical (unpaired) electrons. The summed E-state index contributed by atoms with van der Waals surface area (Å²) in [5.74, 6) is -0.762. The number of pyridine rings is 1. The smallest absolute Gasteiger partial charge is 0.244 e. The first kappa shape index (κ1) is 19.1. The van der Waals surface area contributed by atoms with E-state index in [1.165, 1.54) is 0 Å². The Morgan fingerprint density at radius 2 is 1.53 bits per heavy atom. The van der Waals surface area contributed by atoms with Gasteiger partial charge in [-0.2, -0.15) is 0 Å². The van der Waals surface area contributed by atoms with Crippen LogP contribution in [0.2, 0.25) is 0 Å². The number of nitrogens with two attached hydrogens (primary N) is 1. The molecule has 148 valence electrons. The van der Waals surface area contributed by atoms with Gasteiger partial charge in [0.25, 0.3) is 0 Å². The molecule has 1 aliphatic carbocycles. The zero-order valence-electron chi connectivity index (χ0n) is 16.1. The average Bonchev–Trinajstić information content (AvgIpc) is 2.79. The fourth-order valence-electron chi connectivity index (χ4n) is 3.29. The van der Waals surface area contributed by atoms with Gasteiger partial charge in [0.2, 0.25) is 11.7 Å². The summed E-state index contributed by atoms with van der Waals surface area (Å²) in [4.78, 5) is 28.4. The lowest BCUT2D eigenvalue weighted by Gasteiger charge is -2.29. The molecule has 0 saturated carbocycles. The van der Waals surface area contributed by atoms with Gasteiger partial charge < -0.3 is 16.4 Å². The minimum Gasteiger partial charge on any atom is -0.368 e. The van der Waals surface area contributed by atoms with Gasteiger partial charge in [0.15, 0.2) is 0 Å². The maximum Gasteiger partial charge on any atom is 0.244 e. The van der Waals surface area contributed by atoms with Crippen LogP contribution in [0, 0.1) is 0 Å². The molecule has 6 nitrogen and oxygen atoms in total. The van der Waals surface area contributed by atoms with Gasteiger partial charge in [0.05, 0.1) is 5.70 Å². The number of primary amides is 1. The topological polar surface area (TPSA) is 97.1 Å². The highest BCUT2D eigenvalue weighted by Crippen LogP contribution is 2.31. The third-order valence-electron chi connectivity index (χ3n) is 4.93. The van der Waals surface area contributed by atoms with Crippen LogP contribution in [-0.4, -0.2) is 16.7 Å². The van der Waals surface area contributed by atoms with Crippen LogP contribution in [0.4, 0.5) is 5.69 Å². The maximum absolute atomic E-state index is 12.3. The number of allylic oxidation sites excluding steroid dienone is 2. The molecule has 2 aromatic carbocycles. The minimum absolute atomic E-state index is 0.211. The maximum atomic E-state index is 12.3. The molecule has 0 aliphatic heterocycles. The first-order valence-electron chi connectivity index (χ1n) is 9.41. The highest BCUT2D eigenvalue weighted by molar-refractivity contribution is 6.21. The van der Waals surface area contributed by atoms with E-state index < -0.39 is 11.9 Å². The Labute approximate surface area is 174 Å². The third kappa shape index (κ3) is 3.71. The van der Waals surface area contributed by atoms with Crippen LogP contribution in [0.5, 0.6) is 0 Å². The molecule has 1 aromatic heterocycles. The molecule has 1 atom stereocenters. The lowest BCUT2D eigenvalue weighted by molar-refractivity contribution is -0.120. The number of nitrogens with one attached hydrogen (secondary N) is 2. The van der Waals surface area contributed by atoms with Gasteiger partial charge >= 0.3 is 0 Å². The Morgan fingerprint density at radius 3 is 2.17 bits per heavy atom. The molecule has 6 heteroatoms. The van der Waals surface area contributed by atoms with Crippen LogP contribution < -0.4 is 16.4 Å². The summed E-state index contributed by atoms with van der Waals surface area (Å²) in [5, 5.41) is 6.14. The van der Waals surface area contributed by atoms with Crippen LogP contribution >= 0.6 is 0 Å². The zero-order chi connectivity index (χ0) is 21.1. The number of ketones is 1. The Balaban J connectivity index is 1.59. The number of rotatable bonds is 7. The Kier molecular flexibility index (Phi) is 5.13. The molecular formula is C24H20N4O2. The minimum atomic E-state index is -0.802. The van der Waals surface area contributed by atoms with E-state index in [4.69, 9.17) is 5.73 Å². The van der Waals surface area contributed by atoms with E-state index in [0.29, 0.717) is 28.2 Å². The van der Waals surface area contributed by atoms with Gasteiger partial charge in [-0.3, -0.25) is 14.6 Å². The number of benzene rings is 2. The van der Waals surface area contributed by atoms with Crippen LogP contribution in [0.25, 0.3) is 11.1 Å². The van der Waals surface area contributed by atoms with Gasteiger partial charge in [-0.1, -0.05) is 61.2 Å². The van der Waals surface area contributed by atoms with Crippen molar-refractivity contribution in [2.45, 2.75) is 6.04 Å². The highest BCUT2D eigenvalue weighted by atomic mass is 16.1. The molecule has 0 fully saturated rings. The molecule has 1 aliphatic rings. The molecule has 3 aromatic rings. The SMILES string of the molecule is C=C1C(=O)C(Nc2ccncc2)=C1NC(C(N)=O)c1ccc(-c2ccccc2)cc1. The number of amides is 1. The molecule has 1 heterocycles. The third-order valence-corrected chi connectivity index (χ3v) is 4.93. The van der Waals surface area contributed by atoms with E-state index in [-0.39, 0.29) is 5.78 Å². The van der Waals surface area contributed by atoms with Gasteiger partial charge in [-0.05, 0) is 28.8 Å². The van der Waals surface area contributed by atoms with E-state index in [1.807, 2.05) is 54.6 Å². The number of hydrogen-bond donors (Lipinski definition) is 3. The van der Waals surface area contributed by atoms with Crippen molar-refractivity contribution in [3.8, 4) is 11.1 Å². The summed E-state index contributed by atoms with van der Waals surface area (Å²) >= 11 is 0. The summed E-state index contributed by atoms with van der Waals surface area (Å²) in [5.41, 5.74) is 10.3. The molecule has 0 saturated heterocycles. The van der Waals surface area contributed by atoms with E-state index in [0.717, 1.165) is 11.1 Å². The number of aromatic nitrogens is 1. The van der Waals surface area contributed by atoms with E-state index in [9.17, 15) is 9.59 Å². The number of hydrogen-bond acceptors (Lipinski definition) is 5. The summed E-state index contributed by atoms with van der Waals surface area (Å²) in [6.45, 7) is 3.80. The number of Topliss-reactive ketones (excluding diaryl/α,β-unsaturated/α-hetero) is 1. The van der Waals surface area contributed by atoms with Crippen molar-refractivity contribution in [3.05, 3.63) is 108 Å². The number of nitrogens with zero attached hydrogens (tertiary/aromatic N) is 1. The van der Waals surface area contributed by atoms with Crippen molar-refractivity contribution in [1.29, 1.82) is 0 Å². The second-order valence-corrected chi connectivity index (χ2v) is 6.89. The fraction of sp³-hybridized carbons (Fsp3) is 0.0417. The van der Waals surface area contributed by atoms with Crippen LogP contribution in [0.1, 0.15) is 11.6 Å². The van der Waals surface area contributed by atoms with Gasteiger partial charge in [0, 0.05) is 23.7 Å². The van der Waals surface area contributed by atoms with Crippen LogP contribution in [-0.2, 0) is 9.59 Å². The molecule has 1 unspecified atom stereocenters. The van der Waals surface area contributed by atoms with Crippen molar-refractivity contribution < 1.29 is 9.59 Å². The highest BCUT2D eigenvalue weighted by Gasteiger charge is 2.35. The predicted octanol–water partition coefficient (Wildman–Crippen LogP) is 3.33. The summed E-state index contributed by atoms with van der Waals surface area (Å²) in [6.07, 6.45) is 3.24. The second-order valence-electron chi connectivity index (χ2n) is 6.89. The second kappa shape index (κ2) is 8.05. The van der Waals surface area contributed by atoms with Gasteiger partial charge in [0.1, 0.15) is 11.7 Å². The molecule has 30 heavy (non-hydrogen) atoms. The molecule has 0 spiro atoms. The first-order valence-corrected chi connectivity index (χ1v) is 9.41. The monoisotopic (exact) mass is 396 g/mol. The van der Waals surface area contributed by atoms with Crippen molar-refractivity contribution >= 4 is 17.4 Å². The van der Waals surface area contributed by atoms with E-state index in [2.05, 4.69) is 22.2 Å². The number of carbonyl (C=O) groups is 2. The predicted molar refractivity (Wildman–Crippen MR) is 116 cm³/mol. The number of carbonyl (C=O) groups excluding carboxylic acids is 2. The first-order chi connectivity index (χ1) is 14.5. The summed E-state index contributed by atoms with van der Waals surface area (Å²) < 4.78 is 0.